The van der Waals surface area contributed by atoms with Crippen molar-refractivity contribution in [2.24, 2.45) is 11.8 Å². The van der Waals surface area contributed by atoms with E-state index in [1.165, 1.54) is 12.8 Å². The van der Waals surface area contributed by atoms with Gasteiger partial charge in [-0.3, -0.25) is 0 Å². The molecule has 0 unspecified atom stereocenters. The second kappa shape index (κ2) is 5.16. The van der Waals surface area contributed by atoms with Crippen molar-refractivity contribution in [3.8, 4) is 0 Å². The summed E-state index contributed by atoms with van der Waals surface area (Å²) in [5, 5.41) is 1.06. The maximum absolute atomic E-state index is 6.03. The van der Waals surface area contributed by atoms with Gasteiger partial charge in [-0.05, 0) is 32.6 Å². The lowest BCUT2D eigenvalue weighted by atomic mass is 9.89. The van der Waals surface area contributed by atoms with Crippen LogP contribution >= 0.6 is 15.9 Å². The second-order valence-electron chi connectivity index (χ2n) is 5.74. The Balaban J connectivity index is 1.93. The molecule has 2 saturated heterocycles. The molecule has 0 aliphatic carbocycles. The predicted octanol–water partition coefficient (Wildman–Crippen LogP) is 3.31. The Morgan fingerprint density at radius 2 is 2.00 bits per heavy atom. The van der Waals surface area contributed by atoms with Crippen LogP contribution in [0.1, 0.15) is 40.5 Å². The van der Waals surface area contributed by atoms with Gasteiger partial charge in [0, 0.05) is 11.2 Å². The Bertz CT molecular complexity index is 269. The molecule has 2 fully saturated rings. The third-order valence-electron chi connectivity index (χ3n) is 3.77. The highest BCUT2D eigenvalue weighted by Gasteiger charge is 2.53. The van der Waals surface area contributed by atoms with E-state index >= 15 is 0 Å². The maximum atomic E-state index is 6.03. The lowest BCUT2D eigenvalue weighted by molar-refractivity contribution is -0.214. The van der Waals surface area contributed by atoms with E-state index in [-0.39, 0.29) is 18.5 Å². The first-order chi connectivity index (χ1) is 7.94. The quantitative estimate of drug-likeness (QED) is 0.746. The van der Waals surface area contributed by atoms with Crippen LogP contribution in [0.4, 0.5) is 0 Å². The van der Waals surface area contributed by atoms with Gasteiger partial charge in [0.25, 0.3) is 0 Å². The molecule has 4 heteroatoms. The van der Waals surface area contributed by atoms with Crippen LogP contribution in [-0.4, -0.2) is 29.6 Å². The van der Waals surface area contributed by atoms with Crippen molar-refractivity contribution < 1.29 is 14.2 Å². The van der Waals surface area contributed by atoms with Crippen molar-refractivity contribution in [1.82, 2.24) is 0 Å². The van der Waals surface area contributed by atoms with E-state index in [1.807, 2.05) is 13.8 Å². The Morgan fingerprint density at radius 1 is 1.29 bits per heavy atom. The molecule has 2 rings (SSSR count). The SMILES string of the molecule is C[C@H]1[C@H]2OC(C)(C)O[C@H]2O[C@@H]1[C@H](C)CCCBr. The summed E-state index contributed by atoms with van der Waals surface area (Å²) < 4.78 is 17.7. The van der Waals surface area contributed by atoms with Crippen LogP contribution in [0.2, 0.25) is 0 Å². The number of hydrogen-bond donors (Lipinski definition) is 0. The normalized spacial score (nSPS) is 41.5. The molecule has 3 nitrogen and oxygen atoms in total. The van der Waals surface area contributed by atoms with Crippen LogP contribution in [0.3, 0.4) is 0 Å². The van der Waals surface area contributed by atoms with Gasteiger partial charge in [0.2, 0.25) is 0 Å². The Hall–Kier alpha value is 0.360. The summed E-state index contributed by atoms with van der Waals surface area (Å²) in [7, 11) is 0. The molecule has 2 aliphatic heterocycles. The van der Waals surface area contributed by atoms with E-state index in [0.29, 0.717) is 11.8 Å². The highest BCUT2D eigenvalue weighted by Crippen LogP contribution is 2.43. The minimum Gasteiger partial charge on any atom is -0.346 e. The first-order valence-electron chi connectivity index (χ1n) is 6.51. The average Bonchev–Trinajstić information content (AvgIpc) is 2.70. The lowest BCUT2D eigenvalue weighted by Crippen LogP contribution is -2.31. The van der Waals surface area contributed by atoms with Gasteiger partial charge in [-0.2, -0.15) is 0 Å². The molecule has 0 aromatic rings. The molecular weight excluding hydrogens is 284 g/mol. The van der Waals surface area contributed by atoms with Gasteiger partial charge >= 0.3 is 0 Å². The molecule has 0 bridgehead atoms. The molecule has 0 amide bonds. The summed E-state index contributed by atoms with van der Waals surface area (Å²) in [4.78, 5) is 0. The lowest BCUT2D eigenvalue weighted by Gasteiger charge is -2.27. The number of fused-ring (bicyclic) bond motifs is 1. The molecule has 0 aromatic heterocycles. The molecular formula is C13H23BrO3. The summed E-state index contributed by atoms with van der Waals surface area (Å²) in [5.74, 6) is 0.476. The summed E-state index contributed by atoms with van der Waals surface area (Å²) in [6, 6.07) is 0. The van der Waals surface area contributed by atoms with E-state index in [1.54, 1.807) is 0 Å². The first-order valence-corrected chi connectivity index (χ1v) is 7.64. The molecule has 2 aliphatic rings. The van der Waals surface area contributed by atoms with Crippen LogP contribution in [-0.2, 0) is 14.2 Å². The van der Waals surface area contributed by atoms with E-state index in [0.717, 1.165) is 5.33 Å². The van der Waals surface area contributed by atoms with E-state index < -0.39 is 5.79 Å². The maximum Gasteiger partial charge on any atom is 0.187 e. The van der Waals surface area contributed by atoms with Crippen LogP contribution in [0.15, 0.2) is 0 Å². The fourth-order valence-electron chi connectivity index (χ4n) is 2.90. The zero-order chi connectivity index (χ0) is 12.6. The van der Waals surface area contributed by atoms with E-state index in [4.69, 9.17) is 14.2 Å². The second-order valence-corrected chi connectivity index (χ2v) is 6.53. The molecule has 0 aromatic carbocycles. The van der Waals surface area contributed by atoms with Gasteiger partial charge in [-0.1, -0.05) is 29.8 Å². The van der Waals surface area contributed by atoms with Crippen LogP contribution in [0.25, 0.3) is 0 Å². The average molecular weight is 307 g/mol. The third-order valence-corrected chi connectivity index (χ3v) is 4.33. The molecule has 0 N–H and O–H groups in total. The molecule has 0 saturated carbocycles. The van der Waals surface area contributed by atoms with E-state index in [2.05, 4.69) is 29.8 Å². The Morgan fingerprint density at radius 3 is 2.59 bits per heavy atom. The van der Waals surface area contributed by atoms with Gasteiger partial charge in [0.15, 0.2) is 12.1 Å². The Labute approximate surface area is 112 Å². The number of hydrogen-bond acceptors (Lipinski definition) is 3. The van der Waals surface area contributed by atoms with Crippen molar-refractivity contribution in [3.05, 3.63) is 0 Å². The molecule has 5 atom stereocenters. The number of ether oxygens (including phenoxy) is 3. The van der Waals surface area contributed by atoms with E-state index in [9.17, 15) is 0 Å². The molecule has 17 heavy (non-hydrogen) atoms. The number of rotatable bonds is 4. The number of alkyl halides is 1. The molecule has 2 heterocycles. The van der Waals surface area contributed by atoms with Gasteiger partial charge < -0.3 is 14.2 Å². The molecule has 100 valence electrons. The van der Waals surface area contributed by atoms with Gasteiger partial charge in [0.05, 0.1) is 6.10 Å². The van der Waals surface area contributed by atoms with Crippen LogP contribution < -0.4 is 0 Å². The Kier molecular flexibility index (Phi) is 4.18. The van der Waals surface area contributed by atoms with Crippen molar-refractivity contribution in [3.63, 3.8) is 0 Å². The van der Waals surface area contributed by atoms with Crippen LogP contribution in [0.5, 0.6) is 0 Å². The van der Waals surface area contributed by atoms with Crippen molar-refractivity contribution >= 4 is 15.9 Å². The van der Waals surface area contributed by atoms with Gasteiger partial charge in [-0.25, -0.2) is 0 Å². The largest absolute Gasteiger partial charge is 0.346 e. The summed E-state index contributed by atoms with van der Waals surface area (Å²) >= 11 is 3.47. The molecule has 0 spiro atoms. The highest BCUT2D eigenvalue weighted by molar-refractivity contribution is 9.09. The third kappa shape index (κ3) is 2.86. The van der Waals surface area contributed by atoms with Crippen molar-refractivity contribution in [2.75, 3.05) is 5.33 Å². The topological polar surface area (TPSA) is 27.7 Å². The van der Waals surface area contributed by atoms with Crippen molar-refractivity contribution in [2.45, 2.75) is 64.8 Å². The van der Waals surface area contributed by atoms with Gasteiger partial charge in [-0.15, -0.1) is 0 Å². The molecule has 0 radical (unpaired) electrons. The zero-order valence-corrected chi connectivity index (χ0v) is 12.7. The summed E-state index contributed by atoms with van der Waals surface area (Å²) in [6.45, 7) is 8.37. The standard InChI is InChI=1S/C13H23BrO3/c1-8(6-5-7-14)10-9(2)11-12(15-10)17-13(3,4)16-11/h8-12H,5-7H2,1-4H3/t8-,9-,10-,11-,12-/m1/s1. The van der Waals surface area contributed by atoms with Crippen molar-refractivity contribution in [1.29, 1.82) is 0 Å². The minimum absolute atomic E-state index is 0.0985. The number of halogens is 1. The minimum atomic E-state index is -0.492. The van der Waals surface area contributed by atoms with Crippen LogP contribution in [0, 0.1) is 11.8 Å². The monoisotopic (exact) mass is 306 g/mol. The smallest absolute Gasteiger partial charge is 0.187 e. The fraction of sp³-hybridized carbons (Fsp3) is 1.00. The zero-order valence-electron chi connectivity index (χ0n) is 11.1. The highest BCUT2D eigenvalue weighted by atomic mass is 79.9. The fourth-order valence-corrected chi connectivity index (χ4v) is 3.22. The predicted molar refractivity (Wildman–Crippen MR) is 70.1 cm³/mol. The first kappa shape index (κ1) is 13.8. The van der Waals surface area contributed by atoms with Gasteiger partial charge in [0.1, 0.15) is 6.10 Å². The summed E-state index contributed by atoms with van der Waals surface area (Å²) in [5.41, 5.74) is 0. The summed E-state index contributed by atoms with van der Waals surface area (Å²) in [6.07, 6.45) is 2.57.